The summed E-state index contributed by atoms with van der Waals surface area (Å²) >= 11 is 3.45. The first-order valence-corrected chi connectivity index (χ1v) is 6.89. The molecule has 0 heterocycles. The fourth-order valence-electron chi connectivity index (χ4n) is 2.56. The zero-order valence-electron chi connectivity index (χ0n) is 9.70. The molecule has 1 N–H and O–H groups in total. The third kappa shape index (κ3) is 2.86. The number of halogens is 1. The third-order valence-corrected chi connectivity index (χ3v) is 4.19. The van der Waals surface area contributed by atoms with Crippen LogP contribution in [0.15, 0.2) is 28.7 Å². The highest BCUT2D eigenvalue weighted by Gasteiger charge is 2.25. The van der Waals surface area contributed by atoms with Crippen molar-refractivity contribution in [2.45, 2.75) is 38.7 Å². The quantitative estimate of drug-likeness (QED) is 0.857. The molecule has 0 saturated heterocycles. The van der Waals surface area contributed by atoms with Crippen molar-refractivity contribution in [3.05, 3.63) is 34.3 Å². The van der Waals surface area contributed by atoms with Gasteiger partial charge in [0.1, 0.15) is 0 Å². The molecule has 0 radical (unpaired) electrons. The van der Waals surface area contributed by atoms with Crippen LogP contribution in [0.4, 0.5) is 0 Å². The molecule has 1 atom stereocenters. The Labute approximate surface area is 106 Å². The molecule has 1 fully saturated rings. The summed E-state index contributed by atoms with van der Waals surface area (Å²) in [5.74, 6) is 1.29. The van der Waals surface area contributed by atoms with E-state index in [2.05, 4.69) is 22.9 Å². The fourth-order valence-corrected chi connectivity index (χ4v) is 2.98. The van der Waals surface area contributed by atoms with Crippen molar-refractivity contribution in [1.82, 2.24) is 0 Å². The highest BCUT2D eigenvalue weighted by molar-refractivity contribution is 9.10. The lowest BCUT2D eigenvalue weighted by Crippen LogP contribution is -2.19. The van der Waals surface area contributed by atoms with Gasteiger partial charge in [0.15, 0.2) is 0 Å². The van der Waals surface area contributed by atoms with Crippen LogP contribution < -0.4 is 0 Å². The van der Waals surface area contributed by atoms with Crippen molar-refractivity contribution in [3.63, 3.8) is 0 Å². The largest absolute Gasteiger partial charge is 0.388 e. The van der Waals surface area contributed by atoms with Crippen LogP contribution in [0.3, 0.4) is 0 Å². The first-order chi connectivity index (χ1) is 7.66. The number of hydrogen-bond acceptors (Lipinski definition) is 1. The van der Waals surface area contributed by atoms with Gasteiger partial charge in [-0.25, -0.2) is 0 Å². The van der Waals surface area contributed by atoms with Crippen LogP contribution in [0.25, 0.3) is 0 Å². The lowest BCUT2D eigenvalue weighted by molar-refractivity contribution is 0.0755. The molecular formula is C14H19BrO. The van der Waals surface area contributed by atoms with Crippen molar-refractivity contribution in [3.8, 4) is 0 Å². The zero-order chi connectivity index (χ0) is 11.5. The summed E-state index contributed by atoms with van der Waals surface area (Å²) in [5, 5.41) is 10.3. The summed E-state index contributed by atoms with van der Waals surface area (Å²) in [6.07, 6.45) is 4.56. The van der Waals surface area contributed by atoms with Crippen molar-refractivity contribution in [2.75, 3.05) is 0 Å². The van der Waals surface area contributed by atoms with E-state index in [1.165, 1.54) is 12.8 Å². The minimum Gasteiger partial charge on any atom is -0.388 e. The van der Waals surface area contributed by atoms with E-state index in [0.717, 1.165) is 28.8 Å². The van der Waals surface area contributed by atoms with Crippen molar-refractivity contribution < 1.29 is 5.11 Å². The van der Waals surface area contributed by atoms with Crippen molar-refractivity contribution in [1.29, 1.82) is 0 Å². The number of rotatable bonds is 2. The van der Waals surface area contributed by atoms with E-state index in [-0.39, 0.29) is 6.10 Å². The Hall–Kier alpha value is -0.340. The van der Waals surface area contributed by atoms with E-state index < -0.39 is 0 Å². The third-order valence-electron chi connectivity index (χ3n) is 3.70. The maximum atomic E-state index is 10.3. The molecule has 0 bridgehead atoms. The molecule has 0 aliphatic heterocycles. The predicted octanol–water partition coefficient (Wildman–Crippen LogP) is 4.31. The Kier molecular flexibility index (Phi) is 4.04. The molecule has 0 aromatic heterocycles. The van der Waals surface area contributed by atoms with E-state index in [4.69, 9.17) is 0 Å². The van der Waals surface area contributed by atoms with Gasteiger partial charge in [-0.1, -0.05) is 47.8 Å². The van der Waals surface area contributed by atoms with E-state index in [9.17, 15) is 5.11 Å². The molecule has 2 heteroatoms. The molecule has 1 nitrogen and oxygen atoms in total. The summed E-state index contributed by atoms with van der Waals surface area (Å²) in [5.41, 5.74) is 1.05. The molecule has 1 saturated carbocycles. The molecule has 2 rings (SSSR count). The Morgan fingerprint density at radius 2 is 1.94 bits per heavy atom. The van der Waals surface area contributed by atoms with E-state index in [1.54, 1.807) is 0 Å². The van der Waals surface area contributed by atoms with Crippen LogP contribution >= 0.6 is 15.9 Å². The second-order valence-electron chi connectivity index (χ2n) is 5.02. The zero-order valence-corrected chi connectivity index (χ0v) is 11.3. The summed E-state index contributed by atoms with van der Waals surface area (Å²) in [7, 11) is 0. The molecule has 1 aromatic rings. The monoisotopic (exact) mass is 282 g/mol. The van der Waals surface area contributed by atoms with Gasteiger partial charge >= 0.3 is 0 Å². The summed E-state index contributed by atoms with van der Waals surface area (Å²) in [6.45, 7) is 2.31. The predicted molar refractivity (Wildman–Crippen MR) is 70.2 cm³/mol. The average Bonchev–Trinajstić information content (AvgIpc) is 2.29. The van der Waals surface area contributed by atoms with Gasteiger partial charge in [-0.15, -0.1) is 0 Å². The molecule has 16 heavy (non-hydrogen) atoms. The summed E-state index contributed by atoms with van der Waals surface area (Å²) in [4.78, 5) is 0. The molecule has 88 valence electrons. The molecular weight excluding hydrogens is 264 g/mol. The summed E-state index contributed by atoms with van der Waals surface area (Å²) < 4.78 is 1.05. The van der Waals surface area contributed by atoms with E-state index >= 15 is 0 Å². The van der Waals surface area contributed by atoms with E-state index in [1.807, 2.05) is 24.3 Å². The fraction of sp³-hybridized carbons (Fsp3) is 0.571. The molecule has 0 amide bonds. The van der Waals surface area contributed by atoms with Crippen LogP contribution in [0, 0.1) is 11.8 Å². The highest BCUT2D eigenvalue weighted by Crippen LogP contribution is 2.37. The standard InChI is InChI=1S/C14H19BrO/c1-10-5-7-11(8-6-10)14(16)12-3-2-4-13(15)9-12/h2-4,9-11,14,16H,5-8H2,1H3. The second kappa shape index (κ2) is 5.33. The minimum atomic E-state index is -0.287. The van der Waals surface area contributed by atoms with Gasteiger partial charge in [-0.05, 0) is 42.4 Å². The van der Waals surface area contributed by atoms with Gasteiger partial charge in [-0.2, -0.15) is 0 Å². The van der Waals surface area contributed by atoms with E-state index in [0.29, 0.717) is 5.92 Å². The maximum absolute atomic E-state index is 10.3. The Bertz CT molecular complexity index is 342. The number of aliphatic hydroxyl groups is 1. The van der Waals surface area contributed by atoms with Crippen LogP contribution in [0.2, 0.25) is 0 Å². The lowest BCUT2D eigenvalue weighted by Gasteiger charge is -2.30. The van der Waals surface area contributed by atoms with Gasteiger partial charge in [-0.3, -0.25) is 0 Å². The van der Waals surface area contributed by atoms with Gasteiger partial charge in [0.2, 0.25) is 0 Å². The number of aliphatic hydroxyl groups excluding tert-OH is 1. The average molecular weight is 283 g/mol. The van der Waals surface area contributed by atoms with Crippen LogP contribution in [-0.2, 0) is 0 Å². The Morgan fingerprint density at radius 1 is 1.25 bits per heavy atom. The van der Waals surface area contributed by atoms with Crippen LogP contribution in [0.1, 0.15) is 44.3 Å². The van der Waals surface area contributed by atoms with Gasteiger partial charge in [0.25, 0.3) is 0 Å². The topological polar surface area (TPSA) is 20.2 Å². The van der Waals surface area contributed by atoms with Gasteiger partial charge < -0.3 is 5.11 Å². The highest BCUT2D eigenvalue weighted by atomic mass is 79.9. The number of benzene rings is 1. The van der Waals surface area contributed by atoms with Crippen LogP contribution in [0.5, 0.6) is 0 Å². The molecule has 1 aromatic carbocycles. The molecule has 1 unspecified atom stereocenters. The molecule has 0 spiro atoms. The lowest BCUT2D eigenvalue weighted by atomic mass is 9.78. The minimum absolute atomic E-state index is 0.287. The smallest absolute Gasteiger partial charge is 0.0818 e. The molecule has 1 aliphatic carbocycles. The van der Waals surface area contributed by atoms with Gasteiger partial charge in [0.05, 0.1) is 6.10 Å². The number of hydrogen-bond donors (Lipinski definition) is 1. The second-order valence-corrected chi connectivity index (χ2v) is 5.94. The Balaban J connectivity index is 2.04. The molecule has 1 aliphatic rings. The maximum Gasteiger partial charge on any atom is 0.0818 e. The van der Waals surface area contributed by atoms with Gasteiger partial charge in [0, 0.05) is 4.47 Å². The van der Waals surface area contributed by atoms with Crippen LogP contribution in [-0.4, -0.2) is 5.11 Å². The first-order valence-electron chi connectivity index (χ1n) is 6.10. The summed E-state index contributed by atoms with van der Waals surface area (Å²) in [6, 6.07) is 8.05. The normalized spacial score (nSPS) is 27.7. The van der Waals surface area contributed by atoms with Crippen molar-refractivity contribution >= 4 is 15.9 Å². The van der Waals surface area contributed by atoms with Crippen molar-refractivity contribution in [2.24, 2.45) is 11.8 Å². The Morgan fingerprint density at radius 3 is 2.56 bits per heavy atom. The first kappa shape index (κ1) is 12.1. The SMILES string of the molecule is CC1CCC(C(O)c2cccc(Br)c2)CC1.